The van der Waals surface area contributed by atoms with Gasteiger partial charge in [0.15, 0.2) is 0 Å². The van der Waals surface area contributed by atoms with Crippen LogP contribution in [0.4, 0.5) is 0 Å². The number of ether oxygens (including phenoxy) is 2. The quantitative estimate of drug-likeness (QED) is 0.666. The average molecular weight is 334 g/mol. The van der Waals surface area contributed by atoms with Gasteiger partial charge in [-0.15, -0.1) is 0 Å². The van der Waals surface area contributed by atoms with Gasteiger partial charge in [-0.25, -0.2) is 0 Å². The van der Waals surface area contributed by atoms with E-state index in [1.165, 1.54) is 5.56 Å². The Kier molecular flexibility index (Phi) is 8.81. The molecule has 0 bridgehead atoms. The van der Waals surface area contributed by atoms with Crippen molar-refractivity contribution in [2.45, 2.75) is 25.8 Å². The maximum Gasteiger partial charge on any atom is 0.234 e. The summed E-state index contributed by atoms with van der Waals surface area (Å²) in [7, 11) is 1.68. The second kappa shape index (κ2) is 11.2. The molecule has 1 N–H and O–H groups in total. The van der Waals surface area contributed by atoms with Gasteiger partial charge in [0.25, 0.3) is 0 Å². The highest BCUT2D eigenvalue weighted by Gasteiger charge is 2.19. The third kappa shape index (κ3) is 7.43. The summed E-state index contributed by atoms with van der Waals surface area (Å²) in [6, 6.07) is 10.4. The fourth-order valence-corrected chi connectivity index (χ4v) is 3.02. The highest BCUT2D eigenvalue weighted by atomic mass is 16.5. The van der Waals surface area contributed by atoms with Crippen LogP contribution >= 0.6 is 0 Å². The fraction of sp³-hybridized carbons (Fsp3) is 0.632. The molecule has 0 unspecified atom stereocenters. The van der Waals surface area contributed by atoms with E-state index in [-0.39, 0.29) is 5.91 Å². The third-order valence-electron chi connectivity index (χ3n) is 4.32. The van der Waals surface area contributed by atoms with Crippen LogP contribution in [-0.2, 0) is 20.8 Å². The van der Waals surface area contributed by atoms with Crippen LogP contribution in [-0.4, -0.2) is 57.4 Å². The van der Waals surface area contributed by atoms with Gasteiger partial charge in [0.2, 0.25) is 5.91 Å². The molecule has 1 saturated heterocycles. The van der Waals surface area contributed by atoms with Gasteiger partial charge >= 0.3 is 0 Å². The number of amides is 1. The predicted molar refractivity (Wildman–Crippen MR) is 94.8 cm³/mol. The largest absolute Gasteiger partial charge is 0.385 e. The first-order chi connectivity index (χ1) is 11.8. The molecular formula is C19H30N2O3. The lowest BCUT2D eigenvalue weighted by Crippen LogP contribution is -2.40. The Bertz CT molecular complexity index is 461. The Morgan fingerprint density at radius 1 is 1.29 bits per heavy atom. The van der Waals surface area contributed by atoms with Crippen molar-refractivity contribution in [3.05, 3.63) is 35.9 Å². The number of methoxy groups -OCH3 is 1. The Morgan fingerprint density at radius 2 is 2.04 bits per heavy atom. The normalized spacial score (nSPS) is 15.6. The molecule has 1 amide bonds. The van der Waals surface area contributed by atoms with E-state index in [0.717, 1.165) is 45.6 Å². The van der Waals surface area contributed by atoms with Crippen molar-refractivity contribution in [1.29, 1.82) is 0 Å². The van der Waals surface area contributed by atoms with E-state index in [2.05, 4.69) is 22.3 Å². The first-order valence-corrected chi connectivity index (χ1v) is 8.87. The van der Waals surface area contributed by atoms with Crippen LogP contribution in [0.3, 0.4) is 0 Å². The first-order valence-electron chi connectivity index (χ1n) is 8.87. The number of nitrogens with zero attached hydrogens (tertiary/aromatic N) is 1. The summed E-state index contributed by atoms with van der Waals surface area (Å²) in [6.07, 6.45) is 3.02. The van der Waals surface area contributed by atoms with E-state index >= 15 is 0 Å². The van der Waals surface area contributed by atoms with Gasteiger partial charge in [0, 0.05) is 46.6 Å². The maximum atomic E-state index is 12.2. The van der Waals surface area contributed by atoms with Crippen LogP contribution in [0.2, 0.25) is 0 Å². The maximum absolute atomic E-state index is 12.2. The topological polar surface area (TPSA) is 50.8 Å². The molecule has 0 aliphatic carbocycles. The van der Waals surface area contributed by atoms with Crippen molar-refractivity contribution in [2.75, 3.05) is 46.6 Å². The van der Waals surface area contributed by atoms with Crippen molar-refractivity contribution in [3.63, 3.8) is 0 Å². The van der Waals surface area contributed by atoms with Crippen molar-refractivity contribution in [1.82, 2.24) is 10.2 Å². The van der Waals surface area contributed by atoms with Crippen LogP contribution in [0, 0.1) is 5.92 Å². The number of nitrogens with one attached hydrogen (secondary N) is 1. The monoisotopic (exact) mass is 334 g/mol. The summed E-state index contributed by atoms with van der Waals surface area (Å²) >= 11 is 0. The summed E-state index contributed by atoms with van der Waals surface area (Å²) in [5, 5.41) is 2.99. The Hall–Kier alpha value is -1.43. The first kappa shape index (κ1) is 18.9. The molecule has 0 radical (unpaired) electrons. The predicted octanol–water partition coefficient (Wildman–Crippen LogP) is 2.07. The average Bonchev–Trinajstić information content (AvgIpc) is 2.60. The van der Waals surface area contributed by atoms with Gasteiger partial charge in [-0.2, -0.15) is 0 Å². The molecule has 0 spiro atoms. The summed E-state index contributed by atoms with van der Waals surface area (Å²) in [6.45, 7) is 5.23. The summed E-state index contributed by atoms with van der Waals surface area (Å²) in [5.74, 6) is 0.706. The second-order valence-electron chi connectivity index (χ2n) is 6.41. The molecule has 0 aromatic heterocycles. The summed E-state index contributed by atoms with van der Waals surface area (Å²) < 4.78 is 10.5. The molecular weight excluding hydrogens is 304 g/mol. The molecule has 5 heteroatoms. The van der Waals surface area contributed by atoms with Crippen molar-refractivity contribution >= 4 is 5.91 Å². The summed E-state index contributed by atoms with van der Waals surface area (Å²) in [5.41, 5.74) is 1.25. The van der Waals surface area contributed by atoms with E-state index in [1.54, 1.807) is 7.11 Å². The number of carbonyl (C=O) groups excluding carboxylic acids is 1. The molecule has 2 rings (SSSR count). The fourth-order valence-electron chi connectivity index (χ4n) is 3.02. The van der Waals surface area contributed by atoms with Crippen LogP contribution in [0.1, 0.15) is 24.8 Å². The number of hydrogen-bond acceptors (Lipinski definition) is 4. The van der Waals surface area contributed by atoms with Crippen molar-refractivity contribution in [3.8, 4) is 0 Å². The van der Waals surface area contributed by atoms with E-state index in [9.17, 15) is 4.79 Å². The Morgan fingerprint density at radius 3 is 2.75 bits per heavy atom. The number of hydrogen-bond donors (Lipinski definition) is 1. The van der Waals surface area contributed by atoms with E-state index in [0.29, 0.717) is 25.6 Å². The molecule has 0 saturated carbocycles. The van der Waals surface area contributed by atoms with Crippen LogP contribution in [0.25, 0.3) is 0 Å². The SMILES string of the molecule is COCCCNC(=O)CN(Cc1ccccc1)CC1CCOCC1. The minimum absolute atomic E-state index is 0.0918. The molecule has 1 aromatic carbocycles. The molecule has 0 atom stereocenters. The van der Waals surface area contributed by atoms with Crippen molar-refractivity contribution < 1.29 is 14.3 Å². The zero-order chi connectivity index (χ0) is 17.0. The summed E-state index contributed by atoms with van der Waals surface area (Å²) in [4.78, 5) is 14.5. The molecule has 5 nitrogen and oxygen atoms in total. The molecule has 1 heterocycles. The smallest absolute Gasteiger partial charge is 0.234 e. The minimum atomic E-state index is 0.0918. The Balaban J connectivity index is 1.85. The molecule has 134 valence electrons. The van der Waals surface area contributed by atoms with Gasteiger partial charge in [0.05, 0.1) is 6.54 Å². The van der Waals surface area contributed by atoms with Crippen molar-refractivity contribution in [2.24, 2.45) is 5.92 Å². The molecule has 1 aromatic rings. The minimum Gasteiger partial charge on any atom is -0.385 e. The second-order valence-corrected chi connectivity index (χ2v) is 6.41. The Labute approximate surface area is 145 Å². The third-order valence-corrected chi connectivity index (χ3v) is 4.32. The van der Waals surface area contributed by atoms with Crippen LogP contribution in [0.15, 0.2) is 30.3 Å². The number of rotatable bonds is 10. The molecule has 1 fully saturated rings. The van der Waals surface area contributed by atoms with Gasteiger partial charge in [-0.1, -0.05) is 30.3 Å². The van der Waals surface area contributed by atoms with E-state index in [4.69, 9.17) is 9.47 Å². The van der Waals surface area contributed by atoms with Crippen LogP contribution < -0.4 is 5.32 Å². The standard InChI is InChI=1S/C19H30N2O3/c1-23-11-5-10-20-19(22)16-21(14-17-6-3-2-4-7-17)15-18-8-12-24-13-9-18/h2-4,6-7,18H,5,8-16H2,1H3,(H,20,22). The highest BCUT2D eigenvalue weighted by Crippen LogP contribution is 2.17. The van der Waals surface area contributed by atoms with Gasteiger partial charge in [-0.3, -0.25) is 9.69 Å². The van der Waals surface area contributed by atoms with E-state index in [1.807, 2.05) is 18.2 Å². The highest BCUT2D eigenvalue weighted by molar-refractivity contribution is 5.77. The number of carbonyl (C=O) groups is 1. The van der Waals surface area contributed by atoms with Gasteiger partial charge in [0.1, 0.15) is 0 Å². The molecule has 24 heavy (non-hydrogen) atoms. The molecule has 1 aliphatic rings. The van der Waals surface area contributed by atoms with Gasteiger partial charge < -0.3 is 14.8 Å². The zero-order valence-corrected chi connectivity index (χ0v) is 14.7. The number of benzene rings is 1. The lowest BCUT2D eigenvalue weighted by molar-refractivity contribution is -0.122. The lowest BCUT2D eigenvalue weighted by Gasteiger charge is -2.29. The lowest BCUT2D eigenvalue weighted by atomic mass is 9.99. The van der Waals surface area contributed by atoms with Gasteiger partial charge in [-0.05, 0) is 30.7 Å². The molecule has 1 aliphatic heterocycles. The van der Waals surface area contributed by atoms with Crippen LogP contribution in [0.5, 0.6) is 0 Å². The zero-order valence-electron chi connectivity index (χ0n) is 14.7. The van der Waals surface area contributed by atoms with E-state index < -0.39 is 0 Å².